The van der Waals surface area contributed by atoms with Crippen LogP contribution in [-0.2, 0) is 13.1 Å². The van der Waals surface area contributed by atoms with Crippen molar-refractivity contribution in [2.24, 2.45) is 0 Å². The molecule has 2 aromatic heterocycles. The molecule has 2 aliphatic rings. The van der Waals surface area contributed by atoms with Gasteiger partial charge in [-0.2, -0.15) is 0 Å². The van der Waals surface area contributed by atoms with Gasteiger partial charge in [0.25, 0.3) is 0 Å². The van der Waals surface area contributed by atoms with Crippen LogP contribution in [0.4, 0.5) is 10.6 Å². The monoisotopic (exact) mass is 423 g/mol. The molecule has 7 nitrogen and oxygen atoms in total. The fourth-order valence-electron chi connectivity index (χ4n) is 4.27. The largest absolute Gasteiger partial charge is 0.474 e. The van der Waals surface area contributed by atoms with E-state index in [9.17, 15) is 4.79 Å². The number of pyridine rings is 2. The summed E-state index contributed by atoms with van der Waals surface area (Å²) in [6, 6.07) is 7.66. The molecule has 4 rings (SSSR count). The van der Waals surface area contributed by atoms with E-state index in [1.165, 1.54) is 38.5 Å². The molecule has 1 saturated carbocycles. The molecule has 3 heterocycles. The number of urea groups is 1. The molecule has 31 heavy (non-hydrogen) atoms. The molecule has 2 amide bonds. The maximum Gasteiger partial charge on any atom is 0.315 e. The topological polar surface area (TPSA) is 79.4 Å². The molecule has 7 heteroatoms. The minimum atomic E-state index is -0.191. The van der Waals surface area contributed by atoms with Crippen molar-refractivity contribution in [3.8, 4) is 5.88 Å². The zero-order valence-electron chi connectivity index (χ0n) is 18.2. The van der Waals surface area contributed by atoms with Crippen LogP contribution in [0.15, 0.2) is 36.7 Å². The van der Waals surface area contributed by atoms with Crippen LogP contribution >= 0.6 is 0 Å². The van der Waals surface area contributed by atoms with Crippen LogP contribution in [-0.4, -0.2) is 35.2 Å². The highest BCUT2D eigenvalue weighted by Crippen LogP contribution is 2.23. The van der Waals surface area contributed by atoms with Crippen LogP contribution in [0.3, 0.4) is 0 Å². The first kappa shape index (κ1) is 21.4. The Bertz CT molecular complexity index is 845. The number of carbonyl (C=O) groups excluding carboxylic acids is 1. The van der Waals surface area contributed by atoms with E-state index in [0.29, 0.717) is 19.0 Å². The first-order chi connectivity index (χ1) is 15.3. The Morgan fingerprint density at radius 2 is 1.55 bits per heavy atom. The number of amides is 2. The number of nitrogens with one attached hydrogen (secondary N) is 2. The summed E-state index contributed by atoms with van der Waals surface area (Å²) in [5, 5.41) is 5.86. The summed E-state index contributed by atoms with van der Waals surface area (Å²) in [5.41, 5.74) is 2.03. The molecule has 2 fully saturated rings. The number of rotatable bonds is 7. The summed E-state index contributed by atoms with van der Waals surface area (Å²) in [6.07, 6.45) is 13.5. The van der Waals surface area contributed by atoms with Crippen LogP contribution in [0.5, 0.6) is 5.88 Å². The van der Waals surface area contributed by atoms with E-state index in [2.05, 4.69) is 31.6 Å². The summed E-state index contributed by atoms with van der Waals surface area (Å²) >= 11 is 0. The molecule has 1 aliphatic heterocycles. The van der Waals surface area contributed by atoms with Gasteiger partial charge >= 0.3 is 6.03 Å². The van der Waals surface area contributed by atoms with Gasteiger partial charge in [0.1, 0.15) is 11.9 Å². The zero-order valence-corrected chi connectivity index (χ0v) is 18.2. The number of anilines is 1. The Balaban J connectivity index is 1.23. The van der Waals surface area contributed by atoms with E-state index in [4.69, 9.17) is 4.74 Å². The number of hydrogen-bond acceptors (Lipinski definition) is 5. The fourth-order valence-corrected chi connectivity index (χ4v) is 4.27. The number of hydrogen-bond donors (Lipinski definition) is 2. The molecule has 0 aromatic carbocycles. The lowest BCUT2D eigenvalue weighted by Gasteiger charge is -2.21. The van der Waals surface area contributed by atoms with Gasteiger partial charge in [0.15, 0.2) is 0 Å². The predicted octanol–water partition coefficient (Wildman–Crippen LogP) is 4.18. The van der Waals surface area contributed by atoms with Gasteiger partial charge in [-0.15, -0.1) is 0 Å². The smallest absolute Gasteiger partial charge is 0.315 e. The maximum absolute atomic E-state index is 12.3. The molecule has 0 atom stereocenters. The van der Waals surface area contributed by atoms with E-state index < -0.39 is 0 Å². The average molecular weight is 424 g/mol. The zero-order chi connectivity index (χ0) is 21.3. The molecule has 166 valence electrons. The Labute approximate surface area is 184 Å². The summed E-state index contributed by atoms with van der Waals surface area (Å²) < 4.78 is 5.95. The lowest BCUT2D eigenvalue weighted by atomic mass is 10.2. The minimum Gasteiger partial charge on any atom is -0.474 e. The van der Waals surface area contributed by atoms with Gasteiger partial charge in [-0.1, -0.05) is 12.8 Å². The van der Waals surface area contributed by atoms with E-state index >= 15 is 0 Å². The molecule has 0 radical (unpaired) electrons. The summed E-state index contributed by atoms with van der Waals surface area (Å²) in [4.78, 5) is 23.5. The van der Waals surface area contributed by atoms with Crippen LogP contribution in [0.1, 0.15) is 62.5 Å². The van der Waals surface area contributed by atoms with Crippen molar-refractivity contribution >= 4 is 11.8 Å². The Kier molecular flexibility index (Phi) is 7.58. The molecular formula is C24H33N5O2. The van der Waals surface area contributed by atoms with Crippen molar-refractivity contribution in [1.29, 1.82) is 0 Å². The number of ether oxygens (including phenoxy) is 1. The predicted molar refractivity (Wildman–Crippen MR) is 121 cm³/mol. The second-order valence-corrected chi connectivity index (χ2v) is 8.49. The van der Waals surface area contributed by atoms with Crippen molar-refractivity contribution in [2.75, 3.05) is 18.0 Å². The van der Waals surface area contributed by atoms with Gasteiger partial charge in [0.2, 0.25) is 5.88 Å². The third-order valence-electron chi connectivity index (χ3n) is 6.03. The lowest BCUT2D eigenvalue weighted by Crippen LogP contribution is -2.34. The normalized spacial score (nSPS) is 17.2. The second-order valence-electron chi connectivity index (χ2n) is 8.49. The van der Waals surface area contributed by atoms with E-state index in [-0.39, 0.29) is 12.1 Å². The highest BCUT2D eigenvalue weighted by atomic mass is 16.5. The van der Waals surface area contributed by atoms with Gasteiger partial charge in [-0.3, -0.25) is 0 Å². The minimum absolute atomic E-state index is 0.191. The summed E-state index contributed by atoms with van der Waals surface area (Å²) in [6.45, 7) is 3.03. The number of carbonyl (C=O) groups is 1. The third-order valence-corrected chi connectivity index (χ3v) is 6.03. The molecule has 1 saturated heterocycles. The lowest BCUT2D eigenvalue weighted by molar-refractivity contribution is 0.201. The van der Waals surface area contributed by atoms with Gasteiger partial charge in [0, 0.05) is 44.6 Å². The molecule has 2 N–H and O–H groups in total. The Hall–Kier alpha value is -2.83. The van der Waals surface area contributed by atoms with Crippen molar-refractivity contribution in [1.82, 2.24) is 20.6 Å². The highest BCUT2D eigenvalue weighted by molar-refractivity contribution is 5.73. The molecular weight excluding hydrogens is 390 g/mol. The standard InChI is InChI=1S/C24H33N5O2/c30-24(28-18-20-10-12-26-23(16-20)31-21-7-3-4-8-21)27-17-19-9-11-25-22(15-19)29-13-5-1-2-6-14-29/h9-12,15-16,21H,1-8,13-14,17-18H2,(H2,27,28,30). The molecule has 0 bridgehead atoms. The van der Waals surface area contributed by atoms with Gasteiger partial charge in [0.05, 0.1) is 0 Å². The van der Waals surface area contributed by atoms with Gasteiger partial charge in [-0.05, 0) is 67.9 Å². The van der Waals surface area contributed by atoms with Crippen molar-refractivity contribution in [3.05, 3.63) is 47.8 Å². The average Bonchev–Trinajstić information content (AvgIpc) is 3.15. The van der Waals surface area contributed by atoms with Crippen molar-refractivity contribution in [2.45, 2.75) is 70.6 Å². The fraction of sp³-hybridized carbons (Fsp3) is 0.542. The second kappa shape index (κ2) is 11.0. The maximum atomic E-state index is 12.3. The molecule has 0 unspecified atom stereocenters. The number of nitrogens with zero attached hydrogens (tertiary/aromatic N) is 3. The molecule has 2 aromatic rings. The first-order valence-corrected chi connectivity index (χ1v) is 11.6. The van der Waals surface area contributed by atoms with Crippen LogP contribution < -0.4 is 20.3 Å². The SMILES string of the molecule is O=C(NCc1ccnc(OC2CCCC2)c1)NCc1ccnc(N2CCCCCC2)c1. The van der Waals surface area contributed by atoms with Crippen LogP contribution in [0.2, 0.25) is 0 Å². The molecule has 1 aliphatic carbocycles. The van der Waals surface area contributed by atoms with E-state index in [1.54, 1.807) is 6.20 Å². The summed E-state index contributed by atoms with van der Waals surface area (Å²) in [5.74, 6) is 1.65. The van der Waals surface area contributed by atoms with Crippen molar-refractivity contribution < 1.29 is 9.53 Å². The summed E-state index contributed by atoms with van der Waals surface area (Å²) in [7, 11) is 0. The van der Waals surface area contributed by atoms with Gasteiger partial charge in [-0.25, -0.2) is 14.8 Å². The highest BCUT2D eigenvalue weighted by Gasteiger charge is 2.17. The van der Waals surface area contributed by atoms with E-state index in [0.717, 1.165) is 42.9 Å². The first-order valence-electron chi connectivity index (χ1n) is 11.6. The molecule has 0 spiro atoms. The quantitative estimate of drug-likeness (QED) is 0.698. The third kappa shape index (κ3) is 6.57. The van der Waals surface area contributed by atoms with Gasteiger partial charge < -0.3 is 20.3 Å². The Morgan fingerprint density at radius 1 is 0.903 bits per heavy atom. The Morgan fingerprint density at radius 3 is 2.26 bits per heavy atom. The van der Waals surface area contributed by atoms with Crippen LogP contribution in [0, 0.1) is 0 Å². The van der Waals surface area contributed by atoms with E-state index in [1.807, 2.05) is 24.4 Å². The number of aromatic nitrogens is 2. The van der Waals surface area contributed by atoms with Crippen molar-refractivity contribution in [3.63, 3.8) is 0 Å². The van der Waals surface area contributed by atoms with Crippen LogP contribution in [0.25, 0.3) is 0 Å².